The predicted octanol–water partition coefficient (Wildman–Crippen LogP) is 2.89. The molecule has 0 saturated heterocycles. The van der Waals surface area contributed by atoms with Crippen molar-refractivity contribution in [2.75, 3.05) is 13.2 Å². The van der Waals surface area contributed by atoms with Crippen LogP contribution in [0, 0.1) is 6.92 Å². The first-order valence-electron chi connectivity index (χ1n) is 7.78. The topological polar surface area (TPSA) is 67.5 Å². The lowest BCUT2D eigenvalue weighted by Crippen LogP contribution is -2.35. The third kappa shape index (κ3) is 6.26. The van der Waals surface area contributed by atoms with E-state index in [0.29, 0.717) is 12.6 Å². The number of rotatable bonds is 8. The summed E-state index contributed by atoms with van der Waals surface area (Å²) in [7, 11) is 0. The third-order valence-corrected chi connectivity index (χ3v) is 3.17. The summed E-state index contributed by atoms with van der Waals surface area (Å²) in [5, 5.41) is 16.8. The number of ether oxygens (including phenoxy) is 1. The molecule has 0 spiro atoms. The largest absolute Gasteiger partial charge is 0.491 e. The number of aliphatic hydroxyl groups is 1. The van der Waals surface area contributed by atoms with Crippen LogP contribution in [0.25, 0.3) is 12.2 Å². The molecule has 0 radical (unpaired) electrons. The molecule has 0 amide bonds. The zero-order valence-corrected chi connectivity index (χ0v) is 13.8. The molecule has 5 nitrogen and oxygen atoms in total. The van der Waals surface area contributed by atoms with Gasteiger partial charge in [0.1, 0.15) is 18.5 Å². The van der Waals surface area contributed by atoms with Gasteiger partial charge in [-0.3, -0.25) is 0 Å². The highest BCUT2D eigenvalue weighted by molar-refractivity contribution is 5.67. The molecule has 0 aliphatic carbocycles. The number of aryl methyl sites for hydroxylation is 1. The van der Waals surface area contributed by atoms with Crippen LogP contribution in [-0.4, -0.2) is 35.6 Å². The highest BCUT2D eigenvalue weighted by Crippen LogP contribution is 2.15. The van der Waals surface area contributed by atoms with Gasteiger partial charge in [-0.1, -0.05) is 37.2 Å². The summed E-state index contributed by atoms with van der Waals surface area (Å²) in [5.41, 5.74) is 1.90. The molecule has 2 rings (SSSR count). The first kappa shape index (κ1) is 17.2. The summed E-state index contributed by atoms with van der Waals surface area (Å²) >= 11 is 0. The molecule has 1 atom stereocenters. The van der Waals surface area contributed by atoms with E-state index in [1.807, 2.05) is 63.3 Å². The summed E-state index contributed by atoms with van der Waals surface area (Å²) in [6.45, 7) is 6.76. The molecule has 5 heteroatoms. The molecule has 0 bridgehead atoms. The maximum atomic E-state index is 9.81. The van der Waals surface area contributed by atoms with Crippen LogP contribution >= 0.6 is 0 Å². The third-order valence-electron chi connectivity index (χ3n) is 3.17. The molecule has 1 heterocycles. The number of nitrogens with one attached hydrogen (secondary N) is 1. The van der Waals surface area contributed by atoms with Gasteiger partial charge < -0.3 is 19.7 Å². The minimum Gasteiger partial charge on any atom is -0.491 e. The Bertz CT molecular complexity index is 617. The van der Waals surface area contributed by atoms with E-state index in [2.05, 4.69) is 10.5 Å². The summed E-state index contributed by atoms with van der Waals surface area (Å²) in [6.07, 6.45) is 3.30. The maximum absolute atomic E-state index is 9.81. The van der Waals surface area contributed by atoms with Crippen LogP contribution in [0.4, 0.5) is 0 Å². The Hall–Kier alpha value is -2.11. The molecule has 1 unspecified atom stereocenters. The lowest BCUT2D eigenvalue weighted by molar-refractivity contribution is 0.104. The molecular formula is C18H24N2O3. The van der Waals surface area contributed by atoms with E-state index >= 15 is 0 Å². The first-order valence-corrected chi connectivity index (χ1v) is 7.78. The van der Waals surface area contributed by atoms with Crippen LogP contribution in [0.15, 0.2) is 34.9 Å². The van der Waals surface area contributed by atoms with E-state index in [0.717, 1.165) is 22.8 Å². The monoisotopic (exact) mass is 316 g/mol. The van der Waals surface area contributed by atoms with Crippen molar-refractivity contribution in [1.29, 1.82) is 0 Å². The van der Waals surface area contributed by atoms with Gasteiger partial charge in [-0.2, -0.15) is 0 Å². The van der Waals surface area contributed by atoms with Crippen molar-refractivity contribution in [3.05, 3.63) is 47.3 Å². The van der Waals surface area contributed by atoms with E-state index in [-0.39, 0.29) is 6.61 Å². The van der Waals surface area contributed by atoms with Crippen molar-refractivity contribution >= 4 is 12.2 Å². The van der Waals surface area contributed by atoms with E-state index in [4.69, 9.17) is 9.26 Å². The van der Waals surface area contributed by atoms with Gasteiger partial charge in [-0.25, -0.2) is 0 Å². The fraction of sp³-hybridized carbons (Fsp3) is 0.389. The van der Waals surface area contributed by atoms with E-state index in [1.165, 1.54) is 0 Å². The number of aromatic nitrogens is 1. The zero-order chi connectivity index (χ0) is 16.7. The second-order valence-corrected chi connectivity index (χ2v) is 5.80. The molecule has 1 aromatic carbocycles. The average molecular weight is 316 g/mol. The lowest BCUT2D eigenvalue weighted by atomic mass is 10.2. The molecule has 0 saturated carbocycles. The Kier molecular flexibility index (Phi) is 6.38. The van der Waals surface area contributed by atoms with Crippen LogP contribution in [0.2, 0.25) is 0 Å². The Morgan fingerprint density at radius 3 is 2.61 bits per heavy atom. The Morgan fingerprint density at radius 2 is 2.00 bits per heavy atom. The van der Waals surface area contributed by atoms with Crippen molar-refractivity contribution in [3.63, 3.8) is 0 Å². The van der Waals surface area contributed by atoms with E-state index < -0.39 is 6.10 Å². The number of benzene rings is 1. The Balaban J connectivity index is 1.81. The molecule has 0 aliphatic heterocycles. The fourth-order valence-corrected chi connectivity index (χ4v) is 1.94. The number of hydrogen-bond acceptors (Lipinski definition) is 5. The van der Waals surface area contributed by atoms with Crippen LogP contribution in [-0.2, 0) is 0 Å². The van der Waals surface area contributed by atoms with Crippen molar-refractivity contribution < 1.29 is 14.4 Å². The van der Waals surface area contributed by atoms with Gasteiger partial charge in [0, 0.05) is 18.7 Å². The highest BCUT2D eigenvalue weighted by atomic mass is 16.5. The minimum atomic E-state index is -0.522. The van der Waals surface area contributed by atoms with Crippen LogP contribution in [0.5, 0.6) is 5.75 Å². The quantitative estimate of drug-likeness (QED) is 0.784. The van der Waals surface area contributed by atoms with Crippen molar-refractivity contribution in [2.24, 2.45) is 0 Å². The maximum Gasteiger partial charge on any atom is 0.159 e. The van der Waals surface area contributed by atoms with Gasteiger partial charge in [0.2, 0.25) is 0 Å². The fourth-order valence-electron chi connectivity index (χ4n) is 1.94. The van der Waals surface area contributed by atoms with Crippen LogP contribution in [0.3, 0.4) is 0 Å². The van der Waals surface area contributed by atoms with Gasteiger partial charge in [-0.05, 0) is 30.7 Å². The molecule has 23 heavy (non-hydrogen) atoms. The summed E-state index contributed by atoms with van der Waals surface area (Å²) in [6, 6.07) is 9.90. The lowest BCUT2D eigenvalue weighted by Gasteiger charge is -2.15. The van der Waals surface area contributed by atoms with E-state index in [1.54, 1.807) is 0 Å². The van der Waals surface area contributed by atoms with Crippen LogP contribution in [0.1, 0.15) is 30.9 Å². The van der Waals surface area contributed by atoms with Gasteiger partial charge in [0.05, 0.1) is 5.69 Å². The second kappa shape index (κ2) is 8.50. The molecule has 0 fully saturated rings. The van der Waals surface area contributed by atoms with Crippen molar-refractivity contribution in [3.8, 4) is 5.75 Å². The number of aliphatic hydroxyl groups excluding tert-OH is 1. The smallest absolute Gasteiger partial charge is 0.159 e. The van der Waals surface area contributed by atoms with Gasteiger partial charge in [0.25, 0.3) is 0 Å². The molecule has 1 aromatic heterocycles. The molecule has 2 N–H and O–H groups in total. The summed E-state index contributed by atoms with van der Waals surface area (Å²) in [4.78, 5) is 0. The zero-order valence-electron chi connectivity index (χ0n) is 13.8. The average Bonchev–Trinajstić information content (AvgIpc) is 2.95. The Labute approximate surface area is 137 Å². The highest BCUT2D eigenvalue weighted by Gasteiger charge is 2.05. The number of hydrogen-bond donors (Lipinski definition) is 2. The van der Waals surface area contributed by atoms with Gasteiger partial charge >= 0.3 is 0 Å². The Morgan fingerprint density at radius 1 is 1.26 bits per heavy atom. The molecule has 0 aliphatic rings. The minimum absolute atomic E-state index is 0.270. The SMILES string of the molecule is Cc1cc(C=Cc2ccc(OCC(O)CNC(C)C)cc2)on1. The molecular weight excluding hydrogens is 292 g/mol. The summed E-state index contributed by atoms with van der Waals surface area (Å²) in [5.74, 6) is 1.46. The normalized spacial score (nSPS) is 12.9. The van der Waals surface area contributed by atoms with Gasteiger partial charge in [-0.15, -0.1) is 0 Å². The first-order chi connectivity index (χ1) is 11.0. The standard InChI is InChI=1S/C18H24N2O3/c1-13(2)19-11-16(21)12-22-17-7-4-15(5-8-17)6-9-18-10-14(3)20-23-18/h4-10,13,16,19,21H,11-12H2,1-3H3. The van der Waals surface area contributed by atoms with E-state index in [9.17, 15) is 5.11 Å². The van der Waals surface area contributed by atoms with Crippen molar-refractivity contribution in [1.82, 2.24) is 10.5 Å². The second-order valence-electron chi connectivity index (χ2n) is 5.80. The number of nitrogens with zero attached hydrogens (tertiary/aromatic N) is 1. The predicted molar refractivity (Wildman–Crippen MR) is 91.3 cm³/mol. The van der Waals surface area contributed by atoms with Crippen molar-refractivity contribution in [2.45, 2.75) is 32.9 Å². The summed E-state index contributed by atoms with van der Waals surface area (Å²) < 4.78 is 10.7. The molecule has 2 aromatic rings. The van der Waals surface area contributed by atoms with Gasteiger partial charge in [0.15, 0.2) is 5.76 Å². The van der Waals surface area contributed by atoms with Crippen LogP contribution < -0.4 is 10.1 Å². The molecule has 124 valence electrons.